The number of aryl methyl sites for hydroxylation is 3. The van der Waals surface area contributed by atoms with Gasteiger partial charge in [-0.25, -0.2) is 4.98 Å². The molecule has 6 aromatic carbocycles. The second-order valence-electron chi connectivity index (χ2n) is 17.2. The first-order valence-electron chi connectivity index (χ1n) is 21.0. The summed E-state index contributed by atoms with van der Waals surface area (Å²) >= 11 is 0. The van der Waals surface area contributed by atoms with Gasteiger partial charge in [0.05, 0.1) is 22.3 Å². The number of aromatic nitrogens is 3. The van der Waals surface area contributed by atoms with E-state index in [2.05, 4.69) is 90.1 Å². The summed E-state index contributed by atoms with van der Waals surface area (Å²) in [6, 6.07) is 46.2. The van der Waals surface area contributed by atoms with Crippen LogP contribution >= 0.6 is 0 Å². The van der Waals surface area contributed by atoms with E-state index in [1.54, 1.807) is 6.07 Å². The molecule has 294 valence electrons. The third kappa shape index (κ3) is 7.83. The van der Waals surface area contributed by atoms with E-state index in [1.807, 2.05) is 103 Å². The maximum atomic E-state index is 11.6. The summed E-state index contributed by atoms with van der Waals surface area (Å²) in [5.41, 5.74) is 13.6. The van der Waals surface area contributed by atoms with Gasteiger partial charge in [0.2, 0.25) is 0 Å². The zero-order valence-corrected chi connectivity index (χ0v) is 36.6. The molecule has 2 heterocycles. The van der Waals surface area contributed by atoms with Crippen LogP contribution in [-0.4, -0.2) is 19.6 Å². The number of fused-ring (bicyclic) bond motifs is 1. The Balaban J connectivity index is 0.00000561. The second-order valence-corrected chi connectivity index (χ2v) is 17.2. The van der Waals surface area contributed by atoms with Crippen LogP contribution in [0.25, 0.3) is 72.7 Å². The van der Waals surface area contributed by atoms with E-state index in [-0.39, 0.29) is 43.2 Å². The Morgan fingerprint density at radius 1 is 0.621 bits per heavy atom. The number of aromatic hydroxyl groups is 1. The SMILES string of the molecule is [2H]C([2H])([2H])c1cc(-c2ccccc2)ccc1-n1c(-c2cc(C)cc(C)c2O)nc2c(-c3[c-]c(-c4cc(-c5ccc(C(C)(C)C)cc5)ccn4)cc(C(C)(C)C)c3)cccc21.[Pt]. The first kappa shape index (κ1) is 36.7. The molecule has 0 saturated heterocycles. The van der Waals surface area contributed by atoms with Crippen molar-refractivity contribution in [1.82, 2.24) is 14.5 Å². The summed E-state index contributed by atoms with van der Waals surface area (Å²) in [5.74, 6) is 0.538. The molecule has 0 fully saturated rings. The van der Waals surface area contributed by atoms with Crippen molar-refractivity contribution in [3.8, 4) is 67.5 Å². The molecule has 0 aliphatic heterocycles. The average molecular weight is 943 g/mol. The Labute approximate surface area is 362 Å². The Morgan fingerprint density at radius 3 is 2.00 bits per heavy atom. The number of pyridine rings is 1. The molecule has 58 heavy (non-hydrogen) atoms. The number of phenolic OH excluding ortho intramolecular Hbond substituents is 1. The molecule has 0 aliphatic rings. The summed E-state index contributed by atoms with van der Waals surface area (Å²) in [6.07, 6.45) is 1.86. The van der Waals surface area contributed by atoms with Gasteiger partial charge < -0.3 is 5.11 Å². The first-order valence-corrected chi connectivity index (χ1v) is 19.5. The molecule has 0 bridgehead atoms. The number of hydrogen-bond donors (Lipinski definition) is 1. The van der Waals surface area contributed by atoms with Gasteiger partial charge in [0.25, 0.3) is 0 Å². The Hall–Kier alpha value is -5.57. The molecule has 4 nitrogen and oxygen atoms in total. The monoisotopic (exact) mass is 942 g/mol. The van der Waals surface area contributed by atoms with Gasteiger partial charge in [0, 0.05) is 37.1 Å². The first-order chi connectivity index (χ1) is 28.4. The van der Waals surface area contributed by atoms with Crippen LogP contribution in [0.3, 0.4) is 0 Å². The van der Waals surface area contributed by atoms with Crippen LogP contribution in [0.4, 0.5) is 0 Å². The van der Waals surface area contributed by atoms with Crippen LogP contribution in [0, 0.1) is 26.8 Å². The van der Waals surface area contributed by atoms with Gasteiger partial charge in [-0.15, -0.1) is 29.3 Å². The molecule has 8 rings (SSSR count). The van der Waals surface area contributed by atoms with Gasteiger partial charge in [-0.3, -0.25) is 9.55 Å². The van der Waals surface area contributed by atoms with E-state index in [0.717, 1.165) is 55.8 Å². The summed E-state index contributed by atoms with van der Waals surface area (Å²) < 4.78 is 28.2. The molecule has 5 heteroatoms. The number of phenols is 1. The maximum Gasteiger partial charge on any atom is 0.148 e. The number of nitrogens with zero attached hydrogens (tertiary/aromatic N) is 3. The predicted octanol–water partition coefficient (Wildman–Crippen LogP) is 13.8. The van der Waals surface area contributed by atoms with Crippen molar-refractivity contribution >= 4 is 11.0 Å². The quantitative estimate of drug-likeness (QED) is 0.169. The molecule has 2 aromatic heterocycles. The minimum absolute atomic E-state index is 0. The van der Waals surface area contributed by atoms with Crippen LogP contribution in [0.5, 0.6) is 5.75 Å². The number of hydrogen-bond acceptors (Lipinski definition) is 3. The molecular weight excluding hydrogens is 890 g/mol. The van der Waals surface area contributed by atoms with Gasteiger partial charge in [0.15, 0.2) is 0 Å². The minimum atomic E-state index is -2.46. The molecule has 0 unspecified atom stereocenters. The maximum absolute atomic E-state index is 11.6. The Kier molecular flexibility index (Phi) is 9.91. The molecule has 0 atom stereocenters. The fourth-order valence-electron chi connectivity index (χ4n) is 7.62. The Bertz CT molecular complexity index is 2900. The molecule has 1 N–H and O–H groups in total. The van der Waals surface area contributed by atoms with Gasteiger partial charge in [-0.2, -0.15) is 0 Å². The van der Waals surface area contributed by atoms with E-state index < -0.39 is 6.85 Å². The predicted molar refractivity (Wildman–Crippen MR) is 238 cm³/mol. The van der Waals surface area contributed by atoms with E-state index >= 15 is 0 Å². The average Bonchev–Trinajstić information content (AvgIpc) is 3.61. The van der Waals surface area contributed by atoms with Crippen LogP contribution in [0.2, 0.25) is 0 Å². The van der Waals surface area contributed by atoms with Crippen molar-refractivity contribution < 1.29 is 30.3 Å². The number of rotatable bonds is 6. The third-order valence-electron chi connectivity index (χ3n) is 10.9. The van der Waals surface area contributed by atoms with E-state index in [4.69, 9.17) is 14.1 Å². The number of imidazole rings is 1. The van der Waals surface area contributed by atoms with Gasteiger partial charge in [0.1, 0.15) is 11.6 Å². The van der Waals surface area contributed by atoms with Crippen molar-refractivity contribution in [2.45, 2.75) is 73.1 Å². The third-order valence-corrected chi connectivity index (χ3v) is 10.9. The minimum Gasteiger partial charge on any atom is -0.507 e. The topological polar surface area (TPSA) is 50.9 Å². The summed E-state index contributed by atoms with van der Waals surface area (Å²) in [7, 11) is 0. The van der Waals surface area contributed by atoms with Crippen LogP contribution in [0.15, 0.2) is 134 Å². The molecule has 0 saturated carbocycles. The van der Waals surface area contributed by atoms with E-state index in [0.29, 0.717) is 33.7 Å². The van der Waals surface area contributed by atoms with Crippen molar-refractivity contribution in [2.75, 3.05) is 0 Å². The normalized spacial score (nSPS) is 12.8. The van der Waals surface area contributed by atoms with Gasteiger partial charge >= 0.3 is 0 Å². The summed E-state index contributed by atoms with van der Waals surface area (Å²) in [6.45, 7) is 14.6. The van der Waals surface area contributed by atoms with Gasteiger partial charge in [-0.1, -0.05) is 138 Å². The van der Waals surface area contributed by atoms with Crippen molar-refractivity contribution in [2.24, 2.45) is 0 Å². The molecule has 0 aliphatic carbocycles. The Morgan fingerprint density at radius 2 is 1.29 bits per heavy atom. The summed E-state index contributed by atoms with van der Waals surface area (Å²) in [4.78, 5) is 10.2. The fourth-order valence-corrected chi connectivity index (χ4v) is 7.62. The zero-order chi connectivity index (χ0) is 42.7. The molecule has 0 amide bonds. The molecule has 8 aromatic rings. The van der Waals surface area contributed by atoms with Gasteiger partial charge in [-0.05, 0) is 106 Å². The standard InChI is InChI=1S/C53H50N3O.Pt/c1-33-26-35(3)50(57)45(27-33)51-55-49-44(16-13-17-48(49)56(51)47-23-20-38(28-34(47)2)36-14-11-10-12-15-36)40-29-41(31-43(30-40)53(7,8)9)46-32-39(24-25-54-46)37-18-21-42(22-19-37)52(4,5)6;/h10-28,30-32,57H,1-9H3;/q-1;/i2D3;. The number of para-hydroxylation sites is 1. The molecule has 0 radical (unpaired) electrons. The molecular formula is C53H50N3OPt-. The largest absolute Gasteiger partial charge is 0.507 e. The zero-order valence-electron chi connectivity index (χ0n) is 37.3. The van der Waals surface area contributed by atoms with E-state index in [1.165, 1.54) is 5.56 Å². The number of benzene rings is 6. The van der Waals surface area contributed by atoms with Crippen LogP contribution in [-0.2, 0) is 31.9 Å². The fraction of sp³-hybridized carbons (Fsp3) is 0.208. The van der Waals surface area contributed by atoms with E-state index in [9.17, 15) is 5.11 Å². The summed E-state index contributed by atoms with van der Waals surface area (Å²) in [5, 5.41) is 11.6. The van der Waals surface area contributed by atoms with Crippen molar-refractivity contribution in [3.63, 3.8) is 0 Å². The van der Waals surface area contributed by atoms with Crippen molar-refractivity contribution in [3.05, 3.63) is 167 Å². The van der Waals surface area contributed by atoms with Crippen LogP contribution < -0.4 is 0 Å². The second kappa shape index (κ2) is 15.6. The smallest absolute Gasteiger partial charge is 0.148 e. The van der Waals surface area contributed by atoms with Crippen molar-refractivity contribution in [1.29, 1.82) is 0 Å². The molecule has 0 spiro atoms. The van der Waals surface area contributed by atoms with Crippen LogP contribution in [0.1, 0.15) is 73.5 Å².